The molecule has 1 unspecified atom stereocenters. The number of hydrogen-bond donors (Lipinski definition) is 0. The molecule has 0 radical (unpaired) electrons. The monoisotopic (exact) mass is 203 g/mol. The van der Waals surface area contributed by atoms with Crippen LogP contribution >= 0.6 is 0 Å². The standard InChI is InChI=1S/C12H13NO2/c13-7-5-10-1-3-11(4-2-10)15-12-6-8-14-9-12/h1-4,12H,5-6,8-9H2. The van der Waals surface area contributed by atoms with Crippen LogP contribution in [0.1, 0.15) is 12.0 Å². The minimum atomic E-state index is 0.187. The normalized spacial score (nSPS) is 19.8. The van der Waals surface area contributed by atoms with Gasteiger partial charge in [-0.1, -0.05) is 12.1 Å². The summed E-state index contributed by atoms with van der Waals surface area (Å²) in [7, 11) is 0. The topological polar surface area (TPSA) is 42.2 Å². The van der Waals surface area contributed by atoms with Crippen molar-refractivity contribution in [3.05, 3.63) is 29.8 Å². The van der Waals surface area contributed by atoms with Gasteiger partial charge >= 0.3 is 0 Å². The molecule has 0 aliphatic carbocycles. The smallest absolute Gasteiger partial charge is 0.124 e. The molecule has 0 amide bonds. The van der Waals surface area contributed by atoms with Gasteiger partial charge in [0, 0.05) is 6.42 Å². The summed E-state index contributed by atoms with van der Waals surface area (Å²) in [5.41, 5.74) is 1.02. The summed E-state index contributed by atoms with van der Waals surface area (Å²) in [6, 6.07) is 9.78. The highest BCUT2D eigenvalue weighted by Gasteiger charge is 2.16. The first-order valence-corrected chi connectivity index (χ1v) is 5.09. The summed E-state index contributed by atoms with van der Waals surface area (Å²) in [5.74, 6) is 0.854. The highest BCUT2D eigenvalue weighted by atomic mass is 16.5. The second-order valence-corrected chi connectivity index (χ2v) is 3.58. The van der Waals surface area contributed by atoms with Gasteiger partial charge in [0.25, 0.3) is 0 Å². The van der Waals surface area contributed by atoms with E-state index in [4.69, 9.17) is 14.7 Å². The Bertz CT molecular complexity index is 347. The summed E-state index contributed by atoms with van der Waals surface area (Å²) in [4.78, 5) is 0. The van der Waals surface area contributed by atoms with Gasteiger partial charge in [0.1, 0.15) is 11.9 Å². The second-order valence-electron chi connectivity index (χ2n) is 3.58. The van der Waals surface area contributed by atoms with Crippen molar-refractivity contribution >= 4 is 0 Å². The van der Waals surface area contributed by atoms with Crippen LogP contribution in [0.5, 0.6) is 5.75 Å². The quantitative estimate of drug-likeness (QED) is 0.753. The van der Waals surface area contributed by atoms with Crippen molar-refractivity contribution < 1.29 is 9.47 Å². The minimum Gasteiger partial charge on any atom is -0.488 e. The largest absolute Gasteiger partial charge is 0.488 e. The van der Waals surface area contributed by atoms with Crippen LogP contribution in [0.15, 0.2) is 24.3 Å². The molecule has 0 aromatic heterocycles. The van der Waals surface area contributed by atoms with Crippen molar-refractivity contribution in [1.29, 1.82) is 5.26 Å². The number of benzene rings is 1. The molecule has 15 heavy (non-hydrogen) atoms. The van der Waals surface area contributed by atoms with Crippen LogP contribution in [-0.4, -0.2) is 19.3 Å². The zero-order chi connectivity index (χ0) is 10.5. The third kappa shape index (κ3) is 2.71. The summed E-state index contributed by atoms with van der Waals surface area (Å²) >= 11 is 0. The fourth-order valence-corrected chi connectivity index (χ4v) is 1.58. The number of nitriles is 1. The van der Waals surface area contributed by atoms with E-state index in [-0.39, 0.29) is 6.10 Å². The Morgan fingerprint density at radius 1 is 1.40 bits per heavy atom. The Hall–Kier alpha value is -1.53. The van der Waals surface area contributed by atoms with Crippen LogP contribution in [-0.2, 0) is 11.2 Å². The van der Waals surface area contributed by atoms with Crippen molar-refractivity contribution in [2.24, 2.45) is 0 Å². The number of hydrogen-bond acceptors (Lipinski definition) is 3. The van der Waals surface area contributed by atoms with Crippen molar-refractivity contribution in [3.63, 3.8) is 0 Å². The van der Waals surface area contributed by atoms with E-state index in [9.17, 15) is 0 Å². The van der Waals surface area contributed by atoms with Gasteiger partial charge < -0.3 is 9.47 Å². The highest BCUT2D eigenvalue weighted by Crippen LogP contribution is 2.17. The van der Waals surface area contributed by atoms with E-state index in [0.717, 1.165) is 24.3 Å². The Kier molecular flexibility index (Phi) is 3.21. The van der Waals surface area contributed by atoms with Crippen LogP contribution in [0.3, 0.4) is 0 Å². The molecule has 1 atom stereocenters. The van der Waals surface area contributed by atoms with Gasteiger partial charge in [0.15, 0.2) is 0 Å². The summed E-state index contributed by atoms with van der Waals surface area (Å²) in [6.07, 6.45) is 1.60. The van der Waals surface area contributed by atoms with E-state index in [1.54, 1.807) is 0 Å². The lowest BCUT2D eigenvalue weighted by molar-refractivity contribution is 0.141. The van der Waals surface area contributed by atoms with Crippen molar-refractivity contribution in [2.45, 2.75) is 18.9 Å². The fourth-order valence-electron chi connectivity index (χ4n) is 1.58. The molecule has 2 rings (SSSR count). The number of rotatable bonds is 3. The molecule has 3 heteroatoms. The van der Waals surface area contributed by atoms with Gasteiger partial charge in [-0.3, -0.25) is 0 Å². The molecule has 1 aliphatic heterocycles. The van der Waals surface area contributed by atoms with Gasteiger partial charge in [0.05, 0.1) is 25.7 Å². The number of ether oxygens (including phenoxy) is 2. The van der Waals surface area contributed by atoms with E-state index in [2.05, 4.69) is 6.07 Å². The molecule has 78 valence electrons. The molecular formula is C12H13NO2. The van der Waals surface area contributed by atoms with E-state index < -0.39 is 0 Å². The molecule has 0 N–H and O–H groups in total. The summed E-state index contributed by atoms with van der Waals surface area (Å²) < 4.78 is 10.9. The Labute approximate surface area is 89.2 Å². The Balaban J connectivity index is 1.94. The lowest BCUT2D eigenvalue weighted by Gasteiger charge is -2.11. The van der Waals surface area contributed by atoms with Crippen molar-refractivity contribution in [2.75, 3.05) is 13.2 Å². The van der Waals surface area contributed by atoms with Crippen LogP contribution in [0.2, 0.25) is 0 Å². The molecule has 0 saturated carbocycles. The number of nitrogens with zero attached hydrogens (tertiary/aromatic N) is 1. The molecule has 1 fully saturated rings. The molecule has 1 aromatic rings. The molecule has 0 bridgehead atoms. The fraction of sp³-hybridized carbons (Fsp3) is 0.417. The summed E-state index contributed by atoms with van der Waals surface area (Å²) in [6.45, 7) is 1.47. The van der Waals surface area contributed by atoms with Crippen molar-refractivity contribution in [1.82, 2.24) is 0 Å². The molecule has 0 spiro atoms. The second kappa shape index (κ2) is 4.81. The zero-order valence-corrected chi connectivity index (χ0v) is 8.48. The van der Waals surface area contributed by atoms with Gasteiger partial charge in [-0.05, 0) is 17.7 Å². The maximum atomic E-state index is 8.52. The van der Waals surface area contributed by atoms with Gasteiger partial charge in [-0.25, -0.2) is 0 Å². The predicted molar refractivity (Wildman–Crippen MR) is 55.6 cm³/mol. The molecule has 3 nitrogen and oxygen atoms in total. The first-order valence-electron chi connectivity index (χ1n) is 5.09. The van der Waals surface area contributed by atoms with E-state index in [1.807, 2.05) is 24.3 Å². The van der Waals surface area contributed by atoms with E-state index >= 15 is 0 Å². The Morgan fingerprint density at radius 3 is 2.80 bits per heavy atom. The maximum absolute atomic E-state index is 8.52. The van der Waals surface area contributed by atoms with Crippen LogP contribution in [0.4, 0.5) is 0 Å². The van der Waals surface area contributed by atoms with Gasteiger partial charge in [-0.2, -0.15) is 5.26 Å². The minimum absolute atomic E-state index is 0.187. The lowest BCUT2D eigenvalue weighted by Crippen LogP contribution is -2.15. The van der Waals surface area contributed by atoms with Gasteiger partial charge in [-0.15, -0.1) is 0 Å². The lowest BCUT2D eigenvalue weighted by atomic mass is 10.1. The molecule has 1 aliphatic rings. The average molecular weight is 203 g/mol. The van der Waals surface area contributed by atoms with E-state index in [0.29, 0.717) is 13.0 Å². The molecule has 1 heterocycles. The summed E-state index contributed by atoms with van der Waals surface area (Å²) in [5, 5.41) is 8.52. The first-order chi connectivity index (χ1) is 7.38. The van der Waals surface area contributed by atoms with E-state index in [1.165, 1.54) is 0 Å². The van der Waals surface area contributed by atoms with Crippen molar-refractivity contribution in [3.8, 4) is 11.8 Å². The predicted octanol–water partition coefficient (Wildman–Crippen LogP) is 1.92. The third-order valence-electron chi connectivity index (χ3n) is 2.40. The molecule has 1 saturated heterocycles. The maximum Gasteiger partial charge on any atom is 0.124 e. The average Bonchev–Trinajstić information content (AvgIpc) is 2.74. The zero-order valence-electron chi connectivity index (χ0n) is 8.48. The van der Waals surface area contributed by atoms with Crippen LogP contribution in [0.25, 0.3) is 0 Å². The SMILES string of the molecule is N#CCc1ccc(OC2CCOC2)cc1. The molecular weight excluding hydrogens is 190 g/mol. The first kappa shape index (κ1) is 10.0. The van der Waals surface area contributed by atoms with Gasteiger partial charge in [0.2, 0.25) is 0 Å². The molecule has 1 aromatic carbocycles. The Morgan fingerprint density at radius 2 is 2.20 bits per heavy atom. The van der Waals surface area contributed by atoms with Crippen LogP contribution in [0, 0.1) is 11.3 Å². The van der Waals surface area contributed by atoms with Crippen LogP contribution < -0.4 is 4.74 Å². The highest BCUT2D eigenvalue weighted by molar-refractivity contribution is 5.28. The third-order valence-corrected chi connectivity index (χ3v) is 2.40.